The highest BCUT2D eigenvalue weighted by molar-refractivity contribution is 5.92. The van der Waals surface area contributed by atoms with E-state index >= 15 is 0 Å². The summed E-state index contributed by atoms with van der Waals surface area (Å²) in [6.07, 6.45) is 3.28. The number of amides is 2. The van der Waals surface area contributed by atoms with Gasteiger partial charge in [0.15, 0.2) is 0 Å². The lowest BCUT2D eigenvalue weighted by Crippen LogP contribution is -2.57. The highest BCUT2D eigenvalue weighted by atomic mass is 16.2. The average Bonchev–Trinajstić information content (AvgIpc) is 3.03. The van der Waals surface area contributed by atoms with Gasteiger partial charge >= 0.3 is 6.03 Å². The average molecular weight is 397 g/mol. The summed E-state index contributed by atoms with van der Waals surface area (Å²) in [4.78, 5) is 20.9. The van der Waals surface area contributed by atoms with Crippen LogP contribution in [-0.2, 0) is 6.42 Å². The summed E-state index contributed by atoms with van der Waals surface area (Å²) in [7, 11) is 0. The van der Waals surface area contributed by atoms with Crippen LogP contribution < -0.4 is 5.32 Å². The number of carbonyl (C=O) groups excluding carboxylic acids is 1. The molecule has 1 fully saturated rings. The molecule has 29 heavy (non-hydrogen) atoms. The van der Waals surface area contributed by atoms with E-state index in [-0.39, 0.29) is 12.1 Å². The van der Waals surface area contributed by atoms with Crippen molar-refractivity contribution < 1.29 is 4.79 Å². The van der Waals surface area contributed by atoms with Crippen LogP contribution in [0.4, 0.5) is 4.79 Å². The van der Waals surface area contributed by atoms with Gasteiger partial charge in [-0.25, -0.2) is 4.79 Å². The molecule has 1 aromatic carbocycles. The van der Waals surface area contributed by atoms with Crippen molar-refractivity contribution >= 4 is 16.9 Å². The summed E-state index contributed by atoms with van der Waals surface area (Å²) in [5.74, 6) is 0.475. The third-order valence-corrected chi connectivity index (χ3v) is 7.14. The maximum atomic E-state index is 12.7. The number of urea groups is 1. The van der Waals surface area contributed by atoms with Crippen molar-refractivity contribution in [1.82, 2.24) is 20.1 Å². The van der Waals surface area contributed by atoms with E-state index in [1.807, 2.05) is 18.7 Å². The van der Waals surface area contributed by atoms with E-state index in [1.165, 1.54) is 33.3 Å². The molecule has 2 aromatic rings. The fourth-order valence-corrected chi connectivity index (χ4v) is 5.68. The minimum absolute atomic E-state index is 0.0814. The number of likely N-dealkylation sites (tertiary alicyclic amines) is 1. The Morgan fingerprint density at radius 1 is 1.24 bits per heavy atom. The molecule has 0 radical (unpaired) electrons. The van der Waals surface area contributed by atoms with Crippen LogP contribution in [0, 0.1) is 13.8 Å². The minimum atomic E-state index is 0.0814. The van der Waals surface area contributed by atoms with Crippen LogP contribution in [0.1, 0.15) is 61.9 Å². The van der Waals surface area contributed by atoms with Crippen molar-refractivity contribution in [2.24, 2.45) is 0 Å². The largest absolute Gasteiger partial charge is 0.358 e. The lowest BCUT2D eigenvalue weighted by molar-refractivity contribution is 0.0979. The quantitative estimate of drug-likeness (QED) is 0.790. The van der Waals surface area contributed by atoms with Crippen LogP contribution in [-0.4, -0.2) is 59.1 Å². The summed E-state index contributed by atoms with van der Waals surface area (Å²) in [6.45, 7) is 14.3. The first-order chi connectivity index (χ1) is 14.0. The Kier molecular flexibility index (Phi) is 5.60. The van der Waals surface area contributed by atoms with Crippen molar-refractivity contribution in [3.05, 3.63) is 34.5 Å². The molecule has 1 unspecified atom stereocenters. The zero-order valence-electron chi connectivity index (χ0n) is 18.6. The molecule has 2 amide bonds. The van der Waals surface area contributed by atoms with E-state index < -0.39 is 0 Å². The van der Waals surface area contributed by atoms with E-state index in [4.69, 9.17) is 0 Å². The van der Waals surface area contributed by atoms with Crippen LogP contribution in [0.3, 0.4) is 0 Å². The Balaban J connectivity index is 1.68. The first-order valence-electron chi connectivity index (χ1n) is 11.4. The maximum Gasteiger partial charge on any atom is 0.317 e. The van der Waals surface area contributed by atoms with Gasteiger partial charge in [0.05, 0.1) is 0 Å². The number of nitrogens with zero attached hydrogens (tertiary/aromatic N) is 2. The molecule has 2 N–H and O–H groups in total. The van der Waals surface area contributed by atoms with Crippen molar-refractivity contribution in [3.63, 3.8) is 0 Å². The molecule has 3 atom stereocenters. The number of H-pyrrole nitrogens is 1. The van der Waals surface area contributed by atoms with Crippen molar-refractivity contribution in [3.8, 4) is 0 Å². The molecule has 1 aliphatic heterocycles. The van der Waals surface area contributed by atoms with Gasteiger partial charge in [-0.2, -0.15) is 0 Å². The predicted octanol–water partition coefficient (Wildman–Crippen LogP) is 4.33. The predicted molar refractivity (Wildman–Crippen MR) is 120 cm³/mol. The second-order valence-corrected chi connectivity index (χ2v) is 8.88. The molecule has 0 spiro atoms. The van der Waals surface area contributed by atoms with Crippen LogP contribution in [0.25, 0.3) is 10.9 Å². The second kappa shape index (κ2) is 8.02. The molecule has 5 nitrogen and oxygen atoms in total. The molecule has 1 aliphatic carbocycles. The highest BCUT2D eigenvalue weighted by Gasteiger charge is 2.41. The monoisotopic (exact) mass is 396 g/mol. The number of benzene rings is 1. The number of rotatable bonds is 5. The Morgan fingerprint density at radius 3 is 2.69 bits per heavy atom. The zero-order valence-corrected chi connectivity index (χ0v) is 18.6. The molecule has 1 aromatic heterocycles. The number of hydrogen-bond acceptors (Lipinski definition) is 2. The van der Waals surface area contributed by atoms with Gasteiger partial charge in [-0.05, 0) is 70.2 Å². The first kappa shape index (κ1) is 20.3. The number of piperidine rings is 1. The molecule has 2 aliphatic rings. The van der Waals surface area contributed by atoms with Gasteiger partial charge in [0.1, 0.15) is 0 Å². The molecule has 4 rings (SSSR count). The second-order valence-electron chi connectivity index (χ2n) is 8.88. The summed E-state index contributed by atoms with van der Waals surface area (Å²) >= 11 is 0. The lowest BCUT2D eigenvalue weighted by atomic mass is 9.73. The molecule has 1 saturated heterocycles. The van der Waals surface area contributed by atoms with E-state index in [9.17, 15) is 4.79 Å². The number of fused-ring (bicyclic) bond motifs is 2. The Bertz CT molecular complexity index is 898. The Labute approximate surface area is 174 Å². The molecular weight excluding hydrogens is 360 g/mol. The molecule has 5 heteroatoms. The van der Waals surface area contributed by atoms with E-state index in [0.717, 1.165) is 45.4 Å². The van der Waals surface area contributed by atoms with Gasteiger partial charge < -0.3 is 15.2 Å². The third kappa shape index (κ3) is 3.43. The van der Waals surface area contributed by atoms with Gasteiger partial charge in [0.2, 0.25) is 0 Å². The van der Waals surface area contributed by atoms with Gasteiger partial charge in [0, 0.05) is 54.2 Å². The van der Waals surface area contributed by atoms with E-state index in [0.29, 0.717) is 12.0 Å². The first-order valence-corrected chi connectivity index (χ1v) is 11.4. The summed E-state index contributed by atoms with van der Waals surface area (Å²) < 4.78 is 0. The summed E-state index contributed by atoms with van der Waals surface area (Å²) in [6, 6.07) is 5.43. The van der Waals surface area contributed by atoms with Crippen LogP contribution in [0.2, 0.25) is 0 Å². The molecule has 2 heterocycles. The summed E-state index contributed by atoms with van der Waals surface area (Å²) in [5, 5.41) is 4.81. The highest BCUT2D eigenvalue weighted by Crippen LogP contribution is 2.45. The van der Waals surface area contributed by atoms with E-state index in [1.54, 1.807) is 0 Å². The van der Waals surface area contributed by atoms with Gasteiger partial charge in [-0.1, -0.05) is 19.1 Å². The number of aromatic nitrogens is 1. The summed E-state index contributed by atoms with van der Waals surface area (Å²) in [5.41, 5.74) is 6.94. The van der Waals surface area contributed by atoms with Crippen LogP contribution in [0.5, 0.6) is 0 Å². The van der Waals surface area contributed by atoms with Gasteiger partial charge in [0.25, 0.3) is 0 Å². The van der Waals surface area contributed by atoms with Crippen LogP contribution >= 0.6 is 0 Å². The molecule has 0 bridgehead atoms. The lowest BCUT2D eigenvalue weighted by Gasteiger charge is -2.47. The fraction of sp³-hybridized carbons (Fsp3) is 0.625. The van der Waals surface area contributed by atoms with E-state index in [2.05, 4.69) is 48.1 Å². The zero-order chi connectivity index (χ0) is 20.7. The fourth-order valence-electron chi connectivity index (χ4n) is 5.68. The van der Waals surface area contributed by atoms with Gasteiger partial charge in [-0.15, -0.1) is 0 Å². The molecule has 158 valence electrons. The van der Waals surface area contributed by atoms with Crippen molar-refractivity contribution in [1.29, 1.82) is 0 Å². The third-order valence-electron chi connectivity index (χ3n) is 7.14. The number of carbonyl (C=O) groups is 1. The standard InChI is InChI=1S/C24H36N4O/c1-6-11-28-14-17(26-24(29)27(7-2)8-3)12-20-18-10-9-15(4)23-22(18)19(13-21(20)28)16(5)25-23/h9-10,17,20-21,25H,6-8,11-14H2,1-5H3,(H,26,29)/t17-,20?,21+/m0/s1. The number of nitrogens with one attached hydrogen (secondary N) is 2. The SMILES string of the molecule is CCCN1C[C@@H](NC(=O)N(CC)CC)CC2c3ccc(C)c4[nH]c(C)c(c34)C[C@H]21. The van der Waals surface area contributed by atoms with Gasteiger partial charge in [-0.3, -0.25) is 4.90 Å². The normalized spacial score (nSPS) is 23.8. The maximum absolute atomic E-state index is 12.7. The number of hydrogen-bond donors (Lipinski definition) is 2. The van der Waals surface area contributed by atoms with Crippen molar-refractivity contribution in [2.75, 3.05) is 26.2 Å². The number of aromatic amines is 1. The molecular formula is C24H36N4O. The number of aryl methyl sites for hydroxylation is 2. The van der Waals surface area contributed by atoms with Crippen LogP contribution in [0.15, 0.2) is 12.1 Å². The Morgan fingerprint density at radius 2 is 2.00 bits per heavy atom. The minimum Gasteiger partial charge on any atom is -0.358 e. The smallest absolute Gasteiger partial charge is 0.317 e. The Hall–Kier alpha value is -2.01. The van der Waals surface area contributed by atoms with Crippen molar-refractivity contribution in [2.45, 2.75) is 71.9 Å². The topological polar surface area (TPSA) is 51.4 Å². The molecule has 0 saturated carbocycles.